The number of nitro groups is 1. The summed E-state index contributed by atoms with van der Waals surface area (Å²) in [5.41, 5.74) is -0.765. The van der Waals surface area contributed by atoms with E-state index in [1.165, 1.54) is 32.0 Å². The molecule has 1 atom stereocenters. The summed E-state index contributed by atoms with van der Waals surface area (Å²) < 4.78 is 0. The third-order valence-electron chi connectivity index (χ3n) is 3.53. The van der Waals surface area contributed by atoms with Crippen LogP contribution in [0.5, 0.6) is 0 Å². The van der Waals surface area contributed by atoms with Crippen LogP contribution in [0.15, 0.2) is 41.1 Å². The molecular formula is C15H12N2O6-2. The standard InChI is InChI=1S/C15H14N2O6/c1-7-11(14(18)19)13(12(15(20)21)8(2)16-7)9-4-3-5-10(6-9)17(22)23/h3-7,16H,1-2H3,(H,18,19)(H,20,21)/p-2. The number of carboxylic acid groups (broad SMARTS) is 2. The number of non-ortho nitro benzene ring substituents is 1. The van der Waals surface area contributed by atoms with Gasteiger partial charge in [0.05, 0.1) is 22.9 Å². The zero-order valence-electron chi connectivity index (χ0n) is 12.3. The van der Waals surface area contributed by atoms with E-state index >= 15 is 0 Å². The number of hydrogen-bond acceptors (Lipinski definition) is 7. The van der Waals surface area contributed by atoms with E-state index in [1.807, 2.05) is 0 Å². The Morgan fingerprint density at radius 1 is 1.22 bits per heavy atom. The quantitative estimate of drug-likeness (QED) is 0.562. The maximum Gasteiger partial charge on any atom is 0.270 e. The predicted octanol–water partition coefficient (Wildman–Crippen LogP) is -0.886. The Morgan fingerprint density at radius 3 is 2.39 bits per heavy atom. The second kappa shape index (κ2) is 5.91. The number of carbonyl (C=O) groups excluding carboxylic acids is 2. The molecule has 0 saturated carbocycles. The van der Waals surface area contributed by atoms with Gasteiger partial charge in [-0.25, -0.2) is 0 Å². The molecule has 2 rings (SSSR count). The van der Waals surface area contributed by atoms with Crippen LogP contribution in [0.2, 0.25) is 0 Å². The third kappa shape index (κ3) is 2.91. The minimum absolute atomic E-state index is 0.102. The first kappa shape index (κ1) is 16.2. The highest BCUT2D eigenvalue weighted by molar-refractivity contribution is 6.12. The zero-order valence-corrected chi connectivity index (χ0v) is 12.3. The van der Waals surface area contributed by atoms with Crippen LogP contribution in [-0.2, 0) is 9.59 Å². The van der Waals surface area contributed by atoms with Crippen molar-refractivity contribution in [3.63, 3.8) is 0 Å². The average molecular weight is 316 g/mol. The van der Waals surface area contributed by atoms with Crippen molar-refractivity contribution in [2.24, 2.45) is 0 Å². The number of carboxylic acids is 2. The number of rotatable bonds is 4. The molecule has 1 aliphatic rings. The van der Waals surface area contributed by atoms with Crippen LogP contribution < -0.4 is 15.5 Å². The lowest BCUT2D eigenvalue weighted by atomic mass is 9.85. The second-order valence-corrected chi connectivity index (χ2v) is 5.04. The fourth-order valence-electron chi connectivity index (χ4n) is 2.62. The monoisotopic (exact) mass is 316 g/mol. The molecule has 0 saturated heterocycles. The van der Waals surface area contributed by atoms with Crippen LogP contribution in [0.1, 0.15) is 19.4 Å². The minimum Gasteiger partial charge on any atom is -0.545 e. The maximum absolute atomic E-state index is 11.5. The van der Waals surface area contributed by atoms with Gasteiger partial charge in [0.15, 0.2) is 0 Å². The van der Waals surface area contributed by atoms with E-state index in [0.29, 0.717) is 0 Å². The zero-order chi connectivity index (χ0) is 17.3. The van der Waals surface area contributed by atoms with Crippen molar-refractivity contribution >= 4 is 23.2 Å². The molecule has 1 N–H and O–H groups in total. The van der Waals surface area contributed by atoms with E-state index in [0.717, 1.165) is 6.07 Å². The normalized spacial score (nSPS) is 17.7. The van der Waals surface area contributed by atoms with Gasteiger partial charge >= 0.3 is 0 Å². The van der Waals surface area contributed by atoms with Gasteiger partial charge in [0.25, 0.3) is 5.69 Å². The number of carbonyl (C=O) groups is 2. The molecule has 8 nitrogen and oxygen atoms in total. The smallest absolute Gasteiger partial charge is 0.270 e. The molecule has 120 valence electrons. The maximum atomic E-state index is 11.5. The summed E-state index contributed by atoms with van der Waals surface area (Å²) in [6, 6.07) is 4.37. The Labute approximate surface area is 130 Å². The molecular weight excluding hydrogens is 304 g/mol. The Bertz CT molecular complexity index is 778. The SMILES string of the molecule is CC1=C(C(=O)[O-])C(c2cccc([N+](=O)[O-])c2)=C(C(=O)[O-])C(C)N1. The van der Waals surface area contributed by atoms with Crippen LogP contribution in [0, 0.1) is 10.1 Å². The molecule has 0 bridgehead atoms. The van der Waals surface area contributed by atoms with E-state index in [4.69, 9.17) is 0 Å². The molecule has 0 radical (unpaired) electrons. The number of dihydropyridines is 1. The van der Waals surface area contributed by atoms with Crippen LogP contribution in [0.25, 0.3) is 5.57 Å². The van der Waals surface area contributed by atoms with Gasteiger partial charge in [-0.15, -0.1) is 0 Å². The summed E-state index contributed by atoms with van der Waals surface area (Å²) in [6.07, 6.45) is 0. The lowest BCUT2D eigenvalue weighted by Crippen LogP contribution is -2.43. The molecule has 0 spiro atoms. The molecule has 0 fully saturated rings. The van der Waals surface area contributed by atoms with Crippen molar-refractivity contribution in [2.45, 2.75) is 19.9 Å². The fourth-order valence-corrected chi connectivity index (χ4v) is 2.62. The summed E-state index contributed by atoms with van der Waals surface area (Å²) >= 11 is 0. The Kier molecular flexibility index (Phi) is 4.17. The summed E-state index contributed by atoms with van der Waals surface area (Å²) in [5, 5.41) is 36.5. The van der Waals surface area contributed by atoms with Gasteiger partial charge in [0.1, 0.15) is 0 Å². The highest BCUT2D eigenvalue weighted by atomic mass is 16.6. The summed E-state index contributed by atoms with van der Waals surface area (Å²) in [4.78, 5) is 33.2. The summed E-state index contributed by atoms with van der Waals surface area (Å²) in [7, 11) is 0. The van der Waals surface area contributed by atoms with Gasteiger partial charge in [0, 0.05) is 29.0 Å². The summed E-state index contributed by atoms with van der Waals surface area (Å²) in [6.45, 7) is 2.99. The number of nitro benzene ring substituents is 1. The lowest BCUT2D eigenvalue weighted by Gasteiger charge is -2.32. The summed E-state index contributed by atoms with van der Waals surface area (Å²) in [5.74, 6) is -3.14. The van der Waals surface area contributed by atoms with Crippen LogP contribution in [-0.4, -0.2) is 22.9 Å². The topological polar surface area (TPSA) is 135 Å². The highest BCUT2D eigenvalue weighted by Gasteiger charge is 2.27. The first-order chi connectivity index (χ1) is 10.7. The molecule has 1 aromatic rings. The number of allylic oxidation sites excluding steroid dienone is 1. The Hall–Kier alpha value is -3.16. The first-order valence-electron chi connectivity index (χ1n) is 6.63. The van der Waals surface area contributed by atoms with E-state index in [2.05, 4.69) is 5.32 Å². The van der Waals surface area contributed by atoms with Crippen molar-refractivity contribution in [1.29, 1.82) is 0 Å². The predicted molar refractivity (Wildman–Crippen MR) is 75.3 cm³/mol. The average Bonchev–Trinajstić information content (AvgIpc) is 2.45. The molecule has 8 heteroatoms. The van der Waals surface area contributed by atoms with Gasteiger partial charge < -0.3 is 25.1 Å². The van der Waals surface area contributed by atoms with Gasteiger partial charge in [-0.05, 0) is 25.0 Å². The van der Waals surface area contributed by atoms with E-state index in [-0.39, 0.29) is 33.7 Å². The van der Waals surface area contributed by atoms with Crippen molar-refractivity contribution in [1.82, 2.24) is 5.32 Å². The Morgan fingerprint density at radius 2 is 1.87 bits per heavy atom. The molecule has 1 heterocycles. The van der Waals surface area contributed by atoms with E-state index in [9.17, 15) is 29.9 Å². The van der Waals surface area contributed by atoms with E-state index < -0.39 is 22.9 Å². The van der Waals surface area contributed by atoms with Crippen molar-refractivity contribution in [3.8, 4) is 0 Å². The van der Waals surface area contributed by atoms with Crippen molar-refractivity contribution < 1.29 is 24.7 Å². The minimum atomic E-state index is -1.58. The highest BCUT2D eigenvalue weighted by Crippen LogP contribution is 2.34. The fraction of sp³-hybridized carbons (Fsp3) is 0.200. The molecule has 0 aliphatic carbocycles. The molecule has 23 heavy (non-hydrogen) atoms. The number of aliphatic carboxylic acids is 2. The van der Waals surface area contributed by atoms with Gasteiger partial charge in [-0.1, -0.05) is 12.1 Å². The van der Waals surface area contributed by atoms with Crippen LogP contribution in [0.3, 0.4) is 0 Å². The number of nitrogens with zero attached hydrogens (tertiary/aromatic N) is 1. The number of nitrogens with one attached hydrogen (secondary N) is 1. The third-order valence-corrected chi connectivity index (χ3v) is 3.53. The number of benzene rings is 1. The molecule has 0 aromatic heterocycles. The van der Waals surface area contributed by atoms with Crippen LogP contribution >= 0.6 is 0 Å². The van der Waals surface area contributed by atoms with Gasteiger partial charge in [0.2, 0.25) is 0 Å². The lowest BCUT2D eigenvalue weighted by molar-refractivity contribution is -0.384. The largest absolute Gasteiger partial charge is 0.545 e. The Balaban J connectivity index is 2.81. The molecule has 1 aromatic carbocycles. The first-order valence-corrected chi connectivity index (χ1v) is 6.63. The number of hydrogen-bond donors (Lipinski definition) is 1. The second-order valence-electron chi connectivity index (χ2n) is 5.04. The molecule has 1 aliphatic heterocycles. The van der Waals surface area contributed by atoms with Crippen molar-refractivity contribution in [2.75, 3.05) is 0 Å². The molecule has 0 amide bonds. The van der Waals surface area contributed by atoms with E-state index in [1.54, 1.807) is 0 Å². The van der Waals surface area contributed by atoms with Gasteiger partial charge in [-0.2, -0.15) is 0 Å². The van der Waals surface area contributed by atoms with Crippen molar-refractivity contribution in [3.05, 3.63) is 56.8 Å². The van der Waals surface area contributed by atoms with Gasteiger partial charge in [-0.3, -0.25) is 10.1 Å². The van der Waals surface area contributed by atoms with Crippen LogP contribution in [0.4, 0.5) is 5.69 Å². The molecule has 1 unspecified atom stereocenters.